The van der Waals surface area contributed by atoms with E-state index in [0.717, 1.165) is 0 Å². The Hall–Kier alpha value is -1.28. The molecular weight excluding hydrogens is 184 g/mol. The van der Waals surface area contributed by atoms with Gasteiger partial charge in [0.15, 0.2) is 0 Å². The molecule has 0 aliphatic rings. The molecule has 0 fully saturated rings. The first kappa shape index (κ1) is 10.2. The Bertz CT molecular complexity index is 480. The van der Waals surface area contributed by atoms with E-state index in [2.05, 4.69) is 49.9 Å². The van der Waals surface area contributed by atoms with Crippen molar-refractivity contribution in [3.63, 3.8) is 0 Å². The van der Waals surface area contributed by atoms with Crippen LogP contribution in [0.4, 0.5) is 0 Å². The van der Waals surface area contributed by atoms with E-state index < -0.39 is 0 Å². The summed E-state index contributed by atoms with van der Waals surface area (Å²) in [6.07, 6.45) is 2.22. The van der Waals surface area contributed by atoms with Gasteiger partial charge in [-0.2, -0.15) is 0 Å². The highest BCUT2D eigenvalue weighted by atomic mass is 14.9. The van der Waals surface area contributed by atoms with Crippen molar-refractivity contribution >= 4 is 10.9 Å². The first-order chi connectivity index (χ1) is 7.13. The van der Waals surface area contributed by atoms with E-state index in [1.807, 2.05) is 0 Å². The molecule has 0 aliphatic carbocycles. The topological polar surface area (TPSA) is 30.9 Å². The predicted octanol–water partition coefficient (Wildman–Crippen LogP) is 2.76. The second-order valence-corrected chi connectivity index (χ2v) is 4.41. The van der Waals surface area contributed by atoms with Gasteiger partial charge in [-0.25, -0.2) is 0 Å². The zero-order valence-corrected chi connectivity index (χ0v) is 9.62. The quantitative estimate of drug-likeness (QED) is 0.797. The van der Waals surface area contributed by atoms with Gasteiger partial charge in [-0.05, 0) is 23.1 Å². The van der Waals surface area contributed by atoms with Crippen LogP contribution in [0.1, 0.15) is 30.9 Å². The van der Waals surface area contributed by atoms with Crippen LogP contribution in [0.3, 0.4) is 0 Å². The van der Waals surface area contributed by atoms with Gasteiger partial charge in [0, 0.05) is 30.7 Å². The molecule has 15 heavy (non-hydrogen) atoms. The molecule has 2 N–H and O–H groups in total. The van der Waals surface area contributed by atoms with Crippen LogP contribution >= 0.6 is 0 Å². The van der Waals surface area contributed by atoms with Crippen molar-refractivity contribution in [1.82, 2.24) is 4.57 Å². The number of nitrogens with zero attached hydrogens (tertiary/aromatic N) is 1. The zero-order valence-electron chi connectivity index (χ0n) is 9.62. The van der Waals surface area contributed by atoms with E-state index >= 15 is 0 Å². The summed E-state index contributed by atoms with van der Waals surface area (Å²) in [4.78, 5) is 0. The number of aromatic nitrogens is 1. The summed E-state index contributed by atoms with van der Waals surface area (Å²) in [6.45, 7) is 5.06. The van der Waals surface area contributed by atoms with Gasteiger partial charge in [-0.15, -0.1) is 0 Å². The number of aryl methyl sites for hydroxylation is 1. The largest absolute Gasteiger partial charge is 0.350 e. The van der Waals surface area contributed by atoms with Crippen molar-refractivity contribution in [3.05, 3.63) is 35.5 Å². The van der Waals surface area contributed by atoms with Crippen LogP contribution in [0.5, 0.6) is 0 Å². The third-order valence-electron chi connectivity index (χ3n) is 2.94. The molecule has 1 aromatic heterocycles. The molecule has 0 radical (unpaired) electrons. The first-order valence-corrected chi connectivity index (χ1v) is 5.41. The summed E-state index contributed by atoms with van der Waals surface area (Å²) >= 11 is 0. The molecule has 0 bridgehead atoms. The molecule has 2 heteroatoms. The van der Waals surface area contributed by atoms with E-state index in [1.165, 1.54) is 22.0 Å². The van der Waals surface area contributed by atoms with Gasteiger partial charge < -0.3 is 10.3 Å². The smallest absolute Gasteiger partial charge is 0.0483 e. The molecule has 0 aliphatic heterocycles. The Morgan fingerprint density at radius 1 is 1.33 bits per heavy atom. The van der Waals surface area contributed by atoms with Gasteiger partial charge in [-0.1, -0.05) is 26.0 Å². The maximum absolute atomic E-state index is 5.65. The van der Waals surface area contributed by atoms with Crippen molar-refractivity contribution in [1.29, 1.82) is 0 Å². The zero-order chi connectivity index (χ0) is 11.0. The summed E-state index contributed by atoms with van der Waals surface area (Å²) in [5.41, 5.74) is 9.53. The molecule has 80 valence electrons. The Labute approximate surface area is 90.7 Å². The molecule has 0 unspecified atom stereocenters. The second-order valence-electron chi connectivity index (χ2n) is 4.41. The molecule has 1 heterocycles. The second kappa shape index (κ2) is 3.70. The lowest BCUT2D eigenvalue weighted by atomic mass is 10.0. The van der Waals surface area contributed by atoms with Crippen LogP contribution in [0.2, 0.25) is 0 Å². The molecule has 0 amide bonds. The number of hydrogen-bond acceptors (Lipinski definition) is 1. The Morgan fingerprint density at radius 3 is 2.67 bits per heavy atom. The molecule has 0 saturated heterocycles. The summed E-state index contributed by atoms with van der Waals surface area (Å²) < 4.78 is 2.18. The van der Waals surface area contributed by atoms with E-state index in [1.54, 1.807) is 0 Å². The van der Waals surface area contributed by atoms with Crippen molar-refractivity contribution < 1.29 is 0 Å². The van der Waals surface area contributed by atoms with Gasteiger partial charge >= 0.3 is 0 Å². The average Bonchev–Trinajstić information content (AvgIpc) is 2.56. The third kappa shape index (κ3) is 1.65. The lowest BCUT2D eigenvalue weighted by molar-refractivity contribution is 0.857. The minimum Gasteiger partial charge on any atom is -0.350 e. The van der Waals surface area contributed by atoms with Crippen molar-refractivity contribution in [2.75, 3.05) is 0 Å². The van der Waals surface area contributed by atoms with Crippen LogP contribution in [-0.2, 0) is 13.6 Å². The van der Waals surface area contributed by atoms with Crippen LogP contribution < -0.4 is 5.73 Å². The Balaban J connectivity index is 2.69. The van der Waals surface area contributed by atoms with E-state index in [0.29, 0.717) is 12.5 Å². The van der Waals surface area contributed by atoms with Crippen LogP contribution in [0, 0.1) is 0 Å². The van der Waals surface area contributed by atoms with Gasteiger partial charge in [0.1, 0.15) is 0 Å². The van der Waals surface area contributed by atoms with E-state index in [4.69, 9.17) is 5.73 Å². The van der Waals surface area contributed by atoms with Crippen molar-refractivity contribution in [2.24, 2.45) is 12.8 Å². The SMILES string of the molecule is CC(C)c1cn(C)c2cc(CN)ccc12. The Morgan fingerprint density at radius 2 is 2.07 bits per heavy atom. The molecule has 2 nitrogen and oxygen atoms in total. The minimum absolute atomic E-state index is 0.567. The number of benzene rings is 1. The number of fused-ring (bicyclic) bond motifs is 1. The van der Waals surface area contributed by atoms with Gasteiger partial charge in [0.05, 0.1) is 0 Å². The maximum atomic E-state index is 5.65. The van der Waals surface area contributed by atoms with Gasteiger partial charge in [0.25, 0.3) is 0 Å². The fraction of sp³-hybridized carbons (Fsp3) is 0.385. The number of hydrogen-bond donors (Lipinski definition) is 1. The number of nitrogens with two attached hydrogens (primary N) is 1. The van der Waals surface area contributed by atoms with Crippen molar-refractivity contribution in [3.8, 4) is 0 Å². The highest BCUT2D eigenvalue weighted by molar-refractivity contribution is 5.85. The normalized spacial score (nSPS) is 11.5. The highest BCUT2D eigenvalue weighted by Gasteiger charge is 2.09. The Kier molecular flexibility index (Phi) is 2.53. The first-order valence-electron chi connectivity index (χ1n) is 5.41. The number of rotatable bonds is 2. The lowest BCUT2D eigenvalue weighted by Crippen LogP contribution is -1.96. The van der Waals surface area contributed by atoms with Crippen LogP contribution in [0.25, 0.3) is 10.9 Å². The molecule has 2 rings (SSSR count). The van der Waals surface area contributed by atoms with E-state index in [9.17, 15) is 0 Å². The van der Waals surface area contributed by atoms with Gasteiger partial charge in [-0.3, -0.25) is 0 Å². The highest BCUT2D eigenvalue weighted by Crippen LogP contribution is 2.27. The fourth-order valence-electron chi connectivity index (χ4n) is 2.05. The fourth-order valence-corrected chi connectivity index (χ4v) is 2.05. The maximum Gasteiger partial charge on any atom is 0.0483 e. The standard InChI is InChI=1S/C13H18N2/c1-9(2)12-8-15(3)13-6-10(7-14)4-5-11(12)13/h4-6,8-9H,7,14H2,1-3H3. The van der Waals surface area contributed by atoms with Crippen molar-refractivity contribution in [2.45, 2.75) is 26.3 Å². The lowest BCUT2D eigenvalue weighted by Gasteiger charge is -2.02. The molecule has 0 atom stereocenters. The summed E-state index contributed by atoms with van der Waals surface area (Å²) in [5, 5.41) is 1.35. The molecule has 0 spiro atoms. The minimum atomic E-state index is 0.567. The van der Waals surface area contributed by atoms with Crippen LogP contribution in [-0.4, -0.2) is 4.57 Å². The summed E-state index contributed by atoms with van der Waals surface area (Å²) in [6, 6.07) is 6.49. The van der Waals surface area contributed by atoms with Crippen LogP contribution in [0.15, 0.2) is 24.4 Å². The average molecular weight is 202 g/mol. The third-order valence-corrected chi connectivity index (χ3v) is 2.94. The monoisotopic (exact) mass is 202 g/mol. The summed E-state index contributed by atoms with van der Waals surface area (Å²) in [7, 11) is 2.09. The molecule has 1 aromatic carbocycles. The van der Waals surface area contributed by atoms with Gasteiger partial charge in [0.2, 0.25) is 0 Å². The molecule has 2 aromatic rings. The molecule has 0 saturated carbocycles. The predicted molar refractivity (Wildman–Crippen MR) is 64.9 cm³/mol. The van der Waals surface area contributed by atoms with E-state index in [-0.39, 0.29) is 0 Å². The molecular formula is C13H18N2. The summed E-state index contributed by atoms with van der Waals surface area (Å²) in [5.74, 6) is 0.567.